The van der Waals surface area contributed by atoms with Gasteiger partial charge in [0.2, 0.25) is 0 Å². The Morgan fingerprint density at radius 3 is 2.94 bits per heavy atom. The Balaban J connectivity index is 2.35. The van der Waals surface area contributed by atoms with Gasteiger partial charge in [-0.15, -0.1) is 0 Å². The first kappa shape index (κ1) is 15.4. The van der Waals surface area contributed by atoms with Gasteiger partial charge in [0, 0.05) is 46.3 Å². The van der Waals surface area contributed by atoms with Crippen LogP contribution in [-0.2, 0) is 9.47 Å². The number of hydrogen-bond acceptors (Lipinski definition) is 5. The maximum atomic E-state index is 7.30. The lowest BCUT2D eigenvalue weighted by atomic mass is 10.2. The van der Waals surface area contributed by atoms with E-state index in [-0.39, 0.29) is 11.9 Å². The molecule has 3 N–H and O–H groups in total. The van der Waals surface area contributed by atoms with Gasteiger partial charge in [0.25, 0.3) is 0 Å². The molecule has 0 aromatic rings. The highest BCUT2D eigenvalue weighted by atomic mass is 16.5. The lowest BCUT2D eigenvalue weighted by molar-refractivity contribution is -0.0373. The van der Waals surface area contributed by atoms with Gasteiger partial charge in [0.1, 0.15) is 0 Å². The van der Waals surface area contributed by atoms with Gasteiger partial charge in [0.05, 0.1) is 25.2 Å². The number of nitrogens with one attached hydrogen (secondary N) is 1. The fourth-order valence-corrected chi connectivity index (χ4v) is 2.06. The zero-order valence-electron chi connectivity index (χ0n) is 11.5. The summed E-state index contributed by atoms with van der Waals surface area (Å²) in [5.74, 6) is 0.235. The van der Waals surface area contributed by atoms with Crippen molar-refractivity contribution in [1.29, 1.82) is 5.41 Å². The third-order valence-electron chi connectivity index (χ3n) is 3.11. The molecule has 0 radical (unpaired) electrons. The van der Waals surface area contributed by atoms with Crippen LogP contribution in [-0.4, -0.2) is 81.8 Å². The van der Waals surface area contributed by atoms with Crippen LogP contribution in [0, 0.1) is 5.41 Å². The van der Waals surface area contributed by atoms with Crippen molar-refractivity contribution in [3.63, 3.8) is 0 Å². The van der Waals surface area contributed by atoms with E-state index in [1.165, 1.54) is 0 Å². The predicted octanol–water partition coefficient (Wildman–Crippen LogP) is -0.409. The van der Waals surface area contributed by atoms with Crippen LogP contribution in [0.25, 0.3) is 0 Å². The Kier molecular flexibility index (Phi) is 7.19. The van der Waals surface area contributed by atoms with E-state index in [0.29, 0.717) is 13.0 Å². The maximum absolute atomic E-state index is 7.30. The van der Waals surface area contributed by atoms with E-state index in [9.17, 15) is 0 Å². The molecule has 1 unspecified atom stereocenters. The average Bonchev–Trinajstić information content (AvgIpc) is 2.32. The molecule has 1 fully saturated rings. The molecule has 1 atom stereocenters. The zero-order valence-corrected chi connectivity index (χ0v) is 11.5. The molecule has 1 aliphatic rings. The largest absolute Gasteiger partial charge is 0.388 e. The van der Waals surface area contributed by atoms with Gasteiger partial charge in [-0.2, -0.15) is 0 Å². The van der Waals surface area contributed by atoms with Crippen LogP contribution in [0.15, 0.2) is 0 Å². The van der Waals surface area contributed by atoms with Crippen molar-refractivity contribution in [2.75, 3.05) is 60.1 Å². The quantitative estimate of drug-likeness (QED) is 0.457. The van der Waals surface area contributed by atoms with Crippen molar-refractivity contribution in [1.82, 2.24) is 9.80 Å². The normalized spacial score (nSPS) is 21.4. The molecule has 1 saturated heterocycles. The second-order valence-corrected chi connectivity index (χ2v) is 4.82. The van der Waals surface area contributed by atoms with Gasteiger partial charge in [-0.1, -0.05) is 0 Å². The lowest BCUT2D eigenvalue weighted by Gasteiger charge is -2.33. The number of amidine groups is 1. The summed E-state index contributed by atoms with van der Waals surface area (Å²) >= 11 is 0. The Morgan fingerprint density at radius 1 is 1.56 bits per heavy atom. The molecule has 6 heteroatoms. The first-order valence-electron chi connectivity index (χ1n) is 6.46. The van der Waals surface area contributed by atoms with Gasteiger partial charge in [-0.05, 0) is 7.05 Å². The first-order valence-corrected chi connectivity index (χ1v) is 6.46. The lowest BCUT2D eigenvalue weighted by Crippen LogP contribution is -2.47. The molecular weight excluding hydrogens is 232 g/mol. The minimum absolute atomic E-state index is 0.235. The maximum Gasteiger partial charge on any atom is 0.0918 e. The molecular formula is C12H26N4O2. The third kappa shape index (κ3) is 6.30. The zero-order chi connectivity index (χ0) is 13.4. The van der Waals surface area contributed by atoms with E-state index < -0.39 is 0 Å². The van der Waals surface area contributed by atoms with Gasteiger partial charge in [-0.25, -0.2) is 0 Å². The molecule has 0 bridgehead atoms. The summed E-state index contributed by atoms with van der Waals surface area (Å²) in [5, 5.41) is 7.30. The number of ether oxygens (including phenoxy) is 2. The van der Waals surface area contributed by atoms with Crippen LogP contribution in [0.5, 0.6) is 0 Å². The van der Waals surface area contributed by atoms with Crippen LogP contribution < -0.4 is 5.73 Å². The van der Waals surface area contributed by atoms with Crippen LogP contribution in [0.1, 0.15) is 6.42 Å². The van der Waals surface area contributed by atoms with E-state index in [1.54, 1.807) is 7.11 Å². The Labute approximate surface area is 110 Å². The molecule has 0 aromatic carbocycles. The number of nitrogens with two attached hydrogens (primary N) is 1. The van der Waals surface area contributed by atoms with Crippen molar-refractivity contribution in [3.05, 3.63) is 0 Å². The number of hydrogen-bond donors (Lipinski definition) is 2. The number of morpholine rings is 1. The second-order valence-electron chi connectivity index (χ2n) is 4.82. The molecule has 0 saturated carbocycles. The average molecular weight is 258 g/mol. The van der Waals surface area contributed by atoms with Crippen molar-refractivity contribution in [2.45, 2.75) is 12.5 Å². The molecule has 0 aliphatic carbocycles. The molecule has 1 aliphatic heterocycles. The third-order valence-corrected chi connectivity index (χ3v) is 3.11. The highest BCUT2D eigenvalue weighted by Gasteiger charge is 2.20. The Bertz CT molecular complexity index is 250. The van der Waals surface area contributed by atoms with Crippen LogP contribution in [0.2, 0.25) is 0 Å². The summed E-state index contributed by atoms with van der Waals surface area (Å²) in [6, 6.07) is 0. The van der Waals surface area contributed by atoms with Crippen molar-refractivity contribution in [3.8, 4) is 0 Å². The topological polar surface area (TPSA) is 74.8 Å². The summed E-state index contributed by atoms with van der Waals surface area (Å²) < 4.78 is 10.9. The predicted molar refractivity (Wildman–Crippen MR) is 72.1 cm³/mol. The minimum atomic E-state index is 0.235. The van der Waals surface area contributed by atoms with E-state index in [1.807, 2.05) is 0 Å². The van der Waals surface area contributed by atoms with E-state index in [0.717, 1.165) is 39.3 Å². The Hall–Kier alpha value is -0.690. The molecule has 6 nitrogen and oxygen atoms in total. The van der Waals surface area contributed by atoms with Gasteiger partial charge in [-0.3, -0.25) is 10.3 Å². The van der Waals surface area contributed by atoms with Gasteiger partial charge < -0.3 is 20.1 Å². The van der Waals surface area contributed by atoms with Crippen LogP contribution in [0.4, 0.5) is 0 Å². The van der Waals surface area contributed by atoms with E-state index >= 15 is 0 Å². The second kappa shape index (κ2) is 8.42. The molecule has 1 rings (SSSR count). The van der Waals surface area contributed by atoms with Crippen LogP contribution in [0.3, 0.4) is 0 Å². The number of methoxy groups -OCH3 is 1. The summed E-state index contributed by atoms with van der Waals surface area (Å²) in [7, 11) is 3.82. The first-order chi connectivity index (χ1) is 8.61. The molecule has 1 heterocycles. The van der Waals surface area contributed by atoms with Crippen molar-refractivity contribution in [2.24, 2.45) is 5.73 Å². The standard InChI is InChI=1S/C12H26N4O2/c1-15-5-8-18-11(9-15)10-16(6-7-17-2)4-3-12(13)14/h11H,3-10H2,1-2H3,(H3,13,14). The molecule has 0 aromatic heterocycles. The van der Waals surface area contributed by atoms with Crippen LogP contribution >= 0.6 is 0 Å². The van der Waals surface area contributed by atoms with E-state index in [4.69, 9.17) is 20.6 Å². The van der Waals surface area contributed by atoms with Crippen molar-refractivity contribution < 1.29 is 9.47 Å². The monoisotopic (exact) mass is 258 g/mol. The highest BCUT2D eigenvalue weighted by molar-refractivity contribution is 5.76. The molecule has 106 valence electrons. The van der Waals surface area contributed by atoms with E-state index in [2.05, 4.69) is 16.8 Å². The fraction of sp³-hybridized carbons (Fsp3) is 0.917. The Morgan fingerprint density at radius 2 is 2.33 bits per heavy atom. The molecule has 0 spiro atoms. The van der Waals surface area contributed by atoms with Gasteiger partial charge in [0.15, 0.2) is 0 Å². The molecule has 18 heavy (non-hydrogen) atoms. The number of nitrogens with zero attached hydrogens (tertiary/aromatic N) is 2. The molecule has 0 amide bonds. The summed E-state index contributed by atoms with van der Waals surface area (Å²) in [5.41, 5.74) is 5.41. The summed E-state index contributed by atoms with van der Waals surface area (Å²) in [6.07, 6.45) is 0.847. The minimum Gasteiger partial charge on any atom is -0.388 e. The number of likely N-dealkylation sites (N-methyl/N-ethyl adjacent to an activating group) is 1. The smallest absolute Gasteiger partial charge is 0.0918 e. The SMILES string of the molecule is COCCN(CCC(=N)N)CC1CN(C)CCO1. The van der Waals surface area contributed by atoms with Gasteiger partial charge >= 0.3 is 0 Å². The van der Waals surface area contributed by atoms with Crippen molar-refractivity contribution >= 4 is 5.84 Å². The summed E-state index contributed by atoms with van der Waals surface area (Å²) in [4.78, 5) is 4.54. The highest BCUT2D eigenvalue weighted by Crippen LogP contribution is 2.06. The summed E-state index contributed by atoms with van der Waals surface area (Å²) in [6.45, 7) is 5.98. The number of rotatable bonds is 8. The fourth-order valence-electron chi connectivity index (χ4n) is 2.06.